The topological polar surface area (TPSA) is 80.4 Å². The molecule has 0 spiro atoms. The van der Waals surface area contributed by atoms with Gasteiger partial charge in [0.2, 0.25) is 0 Å². The summed E-state index contributed by atoms with van der Waals surface area (Å²) in [4.78, 5) is 22.4. The number of carbonyl (C=O) groups is 2. The minimum Gasteiger partial charge on any atom is -0.480 e. The molecule has 2 rings (SSSR count). The van der Waals surface area contributed by atoms with Crippen LogP contribution in [0.3, 0.4) is 0 Å². The summed E-state index contributed by atoms with van der Waals surface area (Å²) in [5.41, 5.74) is 7.58. The van der Waals surface area contributed by atoms with Crippen LogP contribution in [-0.4, -0.2) is 22.9 Å². The van der Waals surface area contributed by atoms with Gasteiger partial charge in [0.05, 0.1) is 0 Å². The molecule has 0 aliphatic carbocycles. The van der Waals surface area contributed by atoms with E-state index in [1.165, 1.54) is 0 Å². The standard InChI is InChI=1S/C15H13NO3/c16-13(15(18)19)14(17)12-8-6-11(7-9-12)10-4-2-1-3-5-10/h1-9,13H,16H2,(H,18,19). The first kappa shape index (κ1) is 13.0. The Bertz CT molecular complexity index is 591. The van der Waals surface area contributed by atoms with Crippen molar-refractivity contribution >= 4 is 11.8 Å². The van der Waals surface area contributed by atoms with E-state index in [9.17, 15) is 9.59 Å². The zero-order valence-electron chi connectivity index (χ0n) is 10.1. The van der Waals surface area contributed by atoms with E-state index < -0.39 is 17.8 Å². The molecule has 0 bridgehead atoms. The van der Waals surface area contributed by atoms with E-state index in [-0.39, 0.29) is 0 Å². The minimum atomic E-state index is -1.51. The average Bonchev–Trinajstić information content (AvgIpc) is 2.46. The van der Waals surface area contributed by atoms with Gasteiger partial charge in [-0.25, -0.2) is 0 Å². The molecule has 0 saturated carbocycles. The van der Waals surface area contributed by atoms with E-state index in [2.05, 4.69) is 0 Å². The van der Waals surface area contributed by atoms with Crippen molar-refractivity contribution in [2.45, 2.75) is 6.04 Å². The Morgan fingerprint density at radius 1 is 0.895 bits per heavy atom. The number of nitrogens with two attached hydrogens (primary N) is 1. The molecule has 3 N–H and O–H groups in total. The molecule has 0 aliphatic rings. The fourth-order valence-electron chi connectivity index (χ4n) is 1.75. The second kappa shape index (κ2) is 5.46. The van der Waals surface area contributed by atoms with Crippen LogP contribution < -0.4 is 5.73 Å². The van der Waals surface area contributed by atoms with Crippen molar-refractivity contribution in [3.8, 4) is 11.1 Å². The van der Waals surface area contributed by atoms with E-state index in [4.69, 9.17) is 10.8 Å². The second-order valence-electron chi connectivity index (χ2n) is 4.12. The molecule has 0 aromatic heterocycles. The molecule has 0 heterocycles. The molecule has 0 radical (unpaired) electrons. The molecule has 2 aromatic rings. The van der Waals surface area contributed by atoms with Gasteiger partial charge in [0, 0.05) is 5.56 Å². The second-order valence-corrected chi connectivity index (χ2v) is 4.12. The number of ketones is 1. The molecule has 4 heteroatoms. The molecule has 1 atom stereocenters. The molecule has 0 aliphatic heterocycles. The van der Waals surface area contributed by atoms with Crippen LogP contribution in [0.2, 0.25) is 0 Å². The van der Waals surface area contributed by atoms with E-state index >= 15 is 0 Å². The Hall–Kier alpha value is -2.46. The summed E-state index contributed by atoms with van der Waals surface area (Å²) in [5.74, 6) is -1.91. The largest absolute Gasteiger partial charge is 0.480 e. The fourth-order valence-corrected chi connectivity index (χ4v) is 1.75. The molecule has 4 nitrogen and oxygen atoms in total. The van der Waals surface area contributed by atoms with Crippen molar-refractivity contribution in [1.82, 2.24) is 0 Å². The van der Waals surface area contributed by atoms with Crippen LogP contribution >= 0.6 is 0 Å². The molecule has 0 fully saturated rings. The first-order valence-electron chi connectivity index (χ1n) is 5.77. The van der Waals surface area contributed by atoms with Crippen LogP contribution in [-0.2, 0) is 4.79 Å². The van der Waals surface area contributed by atoms with Gasteiger partial charge in [-0.15, -0.1) is 0 Å². The number of carboxylic acid groups (broad SMARTS) is 1. The van der Waals surface area contributed by atoms with Gasteiger partial charge in [0.25, 0.3) is 0 Å². The predicted molar refractivity (Wildman–Crippen MR) is 71.8 cm³/mol. The Labute approximate surface area is 110 Å². The molecule has 19 heavy (non-hydrogen) atoms. The third kappa shape index (κ3) is 2.86. The minimum absolute atomic E-state index is 0.301. The molecule has 0 saturated heterocycles. The Balaban J connectivity index is 2.24. The van der Waals surface area contributed by atoms with Crippen molar-refractivity contribution in [1.29, 1.82) is 0 Å². The van der Waals surface area contributed by atoms with Gasteiger partial charge in [-0.05, 0) is 11.1 Å². The number of carbonyl (C=O) groups excluding carboxylic acids is 1. The van der Waals surface area contributed by atoms with Gasteiger partial charge in [-0.3, -0.25) is 9.59 Å². The number of rotatable bonds is 4. The molecular weight excluding hydrogens is 242 g/mol. The maximum atomic E-state index is 11.7. The zero-order chi connectivity index (χ0) is 13.8. The van der Waals surface area contributed by atoms with E-state index in [1.807, 2.05) is 30.3 Å². The van der Waals surface area contributed by atoms with Gasteiger partial charge >= 0.3 is 5.97 Å². The Kier molecular flexibility index (Phi) is 3.73. The predicted octanol–water partition coefficient (Wildman–Crippen LogP) is 1.95. The summed E-state index contributed by atoms with van der Waals surface area (Å²) in [6.07, 6.45) is 0. The Morgan fingerprint density at radius 2 is 1.42 bits per heavy atom. The molecular formula is C15H13NO3. The highest BCUT2D eigenvalue weighted by molar-refractivity contribution is 6.11. The normalized spacial score (nSPS) is 11.8. The third-order valence-corrected chi connectivity index (χ3v) is 2.83. The van der Waals surface area contributed by atoms with Crippen molar-refractivity contribution in [3.05, 3.63) is 60.2 Å². The maximum Gasteiger partial charge on any atom is 0.328 e. The molecule has 1 unspecified atom stereocenters. The lowest BCUT2D eigenvalue weighted by Crippen LogP contribution is -2.38. The number of carboxylic acids is 1. The van der Waals surface area contributed by atoms with Crippen LogP contribution in [0.5, 0.6) is 0 Å². The Morgan fingerprint density at radius 3 is 1.95 bits per heavy atom. The fraction of sp³-hybridized carbons (Fsp3) is 0.0667. The van der Waals surface area contributed by atoms with Crippen LogP contribution in [0.1, 0.15) is 10.4 Å². The van der Waals surface area contributed by atoms with E-state index in [0.29, 0.717) is 5.56 Å². The lowest BCUT2D eigenvalue weighted by atomic mass is 10.00. The van der Waals surface area contributed by atoms with Gasteiger partial charge in [0.15, 0.2) is 11.8 Å². The number of hydrogen-bond donors (Lipinski definition) is 2. The number of Topliss-reactive ketones (excluding diaryl/α,β-unsaturated/α-hetero) is 1. The third-order valence-electron chi connectivity index (χ3n) is 2.83. The SMILES string of the molecule is NC(C(=O)O)C(=O)c1ccc(-c2ccccc2)cc1. The number of aliphatic carboxylic acids is 1. The quantitative estimate of drug-likeness (QED) is 0.646. The summed E-state index contributed by atoms with van der Waals surface area (Å²) >= 11 is 0. The summed E-state index contributed by atoms with van der Waals surface area (Å²) < 4.78 is 0. The smallest absolute Gasteiger partial charge is 0.328 e. The number of hydrogen-bond acceptors (Lipinski definition) is 3. The monoisotopic (exact) mass is 255 g/mol. The molecule has 96 valence electrons. The highest BCUT2D eigenvalue weighted by Gasteiger charge is 2.22. The van der Waals surface area contributed by atoms with Crippen LogP contribution in [0.25, 0.3) is 11.1 Å². The zero-order valence-corrected chi connectivity index (χ0v) is 10.1. The van der Waals surface area contributed by atoms with E-state index in [1.54, 1.807) is 24.3 Å². The highest BCUT2D eigenvalue weighted by Crippen LogP contribution is 2.19. The molecule has 2 aromatic carbocycles. The van der Waals surface area contributed by atoms with Crippen molar-refractivity contribution in [3.63, 3.8) is 0 Å². The number of benzene rings is 2. The van der Waals surface area contributed by atoms with Crippen molar-refractivity contribution in [2.24, 2.45) is 5.73 Å². The maximum absolute atomic E-state index is 11.7. The van der Waals surface area contributed by atoms with Gasteiger partial charge in [0.1, 0.15) is 0 Å². The van der Waals surface area contributed by atoms with Crippen molar-refractivity contribution in [2.75, 3.05) is 0 Å². The van der Waals surface area contributed by atoms with Crippen LogP contribution in [0.15, 0.2) is 54.6 Å². The lowest BCUT2D eigenvalue weighted by Gasteiger charge is -2.06. The van der Waals surface area contributed by atoms with Crippen LogP contribution in [0.4, 0.5) is 0 Å². The lowest BCUT2D eigenvalue weighted by molar-refractivity contribution is -0.137. The first-order chi connectivity index (χ1) is 9.09. The first-order valence-corrected chi connectivity index (χ1v) is 5.77. The summed E-state index contributed by atoms with van der Waals surface area (Å²) in [5, 5.41) is 8.70. The average molecular weight is 255 g/mol. The van der Waals surface area contributed by atoms with Crippen LogP contribution in [0, 0.1) is 0 Å². The summed E-state index contributed by atoms with van der Waals surface area (Å²) in [6.45, 7) is 0. The summed E-state index contributed by atoms with van der Waals surface area (Å²) in [6, 6.07) is 14.9. The highest BCUT2D eigenvalue weighted by atomic mass is 16.4. The summed E-state index contributed by atoms with van der Waals surface area (Å²) in [7, 11) is 0. The van der Waals surface area contributed by atoms with Crippen molar-refractivity contribution < 1.29 is 14.7 Å². The van der Waals surface area contributed by atoms with Gasteiger partial charge < -0.3 is 10.8 Å². The van der Waals surface area contributed by atoms with Gasteiger partial charge in [-0.1, -0.05) is 54.6 Å². The molecule has 0 amide bonds. The van der Waals surface area contributed by atoms with Gasteiger partial charge in [-0.2, -0.15) is 0 Å². The van der Waals surface area contributed by atoms with E-state index in [0.717, 1.165) is 11.1 Å².